The van der Waals surface area contributed by atoms with Gasteiger partial charge in [0.25, 0.3) is 0 Å². The van der Waals surface area contributed by atoms with Crippen LogP contribution < -0.4 is 0 Å². The highest BCUT2D eigenvalue weighted by Crippen LogP contribution is 2.18. The molecule has 152 valence electrons. The van der Waals surface area contributed by atoms with Gasteiger partial charge in [-0.2, -0.15) is 0 Å². The molecule has 25 heavy (non-hydrogen) atoms. The molecule has 0 aromatic rings. The average molecular weight is 354 g/mol. The van der Waals surface area contributed by atoms with Crippen LogP contribution in [-0.2, 0) is 0 Å². The Morgan fingerprint density at radius 3 is 1.48 bits per heavy atom. The summed E-state index contributed by atoms with van der Waals surface area (Å²) in [5, 5.41) is 0. The van der Waals surface area contributed by atoms with E-state index >= 15 is 0 Å². The van der Waals surface area contributed by atoms with Crippen molar-refractivity contribution in [1.29, 1.82) is 0 Å². The van der Waals surface area contributed by atoms with Crippen LogP contribution in [0.1, 0.15) is 137 Å². The Morgan fingerprint density at radius 2 is 0.920 bits per heavy atom. The third-order valence-electron chi connectivity index (χ3n) is 5.63. The van der Waals surface area contributed by atoms with Crippen molar-refractivity contribution in [1.82, 2.24) is 4.90 Å². The monoisotopic (exact) mass is 353 g/mol. The topological polar surface area (TPSA) is 3.24 Å². The van der Waals surface area contributed by atoms with Gasteiger partial charge >= 0.3 is 0 Å². The molecule has 0 rings (SSSR count). The number of rotatable bonds is 20. The largest absolute Gasteiger partial charge is 0.300 e. The maximum Gasteiger partial charge on any atom is 0.00951 e. The third kappa shape index (κ3) is 15.9. The third-order valence-corrected chi connectivity index (χ3v) is 5.63. The summed E-state index contributed by atoms with van der Waals surface area (Å²) in [4.78, 5) is 2.87. The Kier molecular flexibility index (Phi) is 20.2. The number of unbranched alkanes of at least 4 members (excludes halogenated alkanes) is 11. The van der Waals surface area contributed by atoms with Gasteiger partial charge in [0.05, 0.1) is 0 Å². The first-order valence-electron chi connectivity index (χ1n) is 12.0. The molecule has 0 N–H and O–H groups in total. The minimum atomic E-state index is 0.860. The van der Waals surface area contributed by atoms with Crippen molar-refractivity contribution in [3.05, 3.63) is 0 Å². The maximum atomic E-state index is 2.87. The van der Waals surface area contributed by atoms with E-state index in [4.69, 9.17) is 0 Å². The smallest absolute Gasteiger partial charge is 0.00951 e. The lowest BCUT2D eigenvalue weighted by Gasteiger charge is -2.32. The SMILES string of the molecule is CCCCCCCCC(CCC)N(CCCC)CCCCCCCC. The van der Waals surface area contributed by atoms with Gasteiger partial charge in [0.1, 0.15) is 0 Å². The molecule has 0 aliphatic carbocycles. The van der Waals surface area contributed by atoms with E-state index in [0.29, 0.717) is 0 Å². The van der Waals surface area contributed by atoms with E-state index in [1.807, 2.05) is 0 Å². The van der Waals surface area contributed by atoms with E-state index in [1.165, 1.54) is 122 Å². The van der Waals surface area contributed by atoms with Crippen molar-refractivity contribution in [3.63, 3.8) is 0 Å². The highest BCUT2D eigenvalue weighted by molar-refractivity contribution is 4.72. The van der Waals surface area contributed by atoms with Crippen molar-refractivity contribution < 1.29 is 0 Å². The molecule has 0 saturated carbocycles. The Bertz CT molecular complexity index is 238. The molecule has 0 spiro atoms. The molecule has 0 aliphatic rings. The quantitative estimate of drug-likeness (QED) is 0.199. The van der Waals surface area contributed by atoms with Crippen LogP contribution in [0.15, 0.2) is 0 Å². The van der Waals surface area contributed by atoms with Gasteiger partial charge in [0.2, 0.25) is 0 Å². The van der Waals surface area contributed by atoms with Crippen molar-refractivity contribution in [2.75, 3.05) is 13.1 Å². The minimum absolute atomic E-state index is 0.860. The Hall–Kier alpha value is -0.0400. The number of hydrogen-bond acceptors (Lipinski definition) is 1. The molecule has 0 fully saturated rings. The number of hydrogen-bond donors (Lipinski definition) is 0. The van der Waals surface area contributed by atoms with Gasteiger partial charge in [-0.15, -0.1) is 0 Å². The molecule has 0 radical (unpaired) electrons. The molecule has 0 aromatic heterocycles. The summed E-state index contributed by atoms with van der Waals surface area (Å²) in [5.41, 5.74) is 0. The zero-order valence-corrected chi connectivity index (χ0v) is 18.5. The van der Waals surface area contributed by atoms with Gasteiger partial charge in [-0.25, -0.2) is 0 Å². The molecule has 0 amide bonds. The minimum Gasteiger partial charge on any atom is -0.300 e. The second kappa shape index (κ2) is 20.3. The molecular weight excluding hydrogens is 302 g/mol. The average Bonchev–Trinajstić information content (AvgIpc) is 2.62. The molecular formula is C24H51N. The zero-order chi connectivity index (χ0) is 18.6. The van der Waals surface area contributed by atoms with E-state index in [-0.39, 0.29) is 0 Å². The van der Waals surface area contributed by atoms with Crippen molar-refractivity contribution >= 4 is 0 Å². The van der Waals surface area contributed by atoms with Crippen molar-refractivity contribution in [3.8, 4) is 0 Å². The van der Waals surface area contributed by atoms with Gasteiger partial charge < -0.3 is 4.90 Å². The van der Waals surface area contributed by atoms with Gasteiger partial charge in [-0.1, -0.05) is 111 Å². The van der Waals surface area contributed by atoms with Gasteiger partial charge in [0, 0.05) is 6.04 Å². The van der Waals surface area contributed by atoms with Gasteiger partial charge in [0.15, 0.2) is 0 Å². The van der Waals surface area contributed by atoms with Crippen LogP contribution in [0.3, 0.4) is 0 Å². The molecule has 0 heterocycles. The maximum absolute atomic E-state index is 2.87. The first-order valence-corrected chi connectivity index (χ1v) is 12.0. The lowest BCUT2D eigenvalue weighted by molar-refractivity contribution is 0.166. The van der Waals surface area contributed by atoms with E-state index in [1.54, 1.807) is 0 Å². The fourth-order valence-corrected chi connectivity index (χ4v) is 3.94. The van der Waals surface area contributed by atoms with E-state index in [9.17, 15) is 0 Å². The summed E-state index contributed by atoms with van der Waals surface area (Å²) in [5.74, 6) is 0. The van der Waals surface area contributed by atoms with Crippen LogP contribution in [0.5, 0.6) is 0 Å². The van der Waals surface area contributed by atoms with Crippen molar-refractivity contribution in [2.24, 2.45) is 0 Å². The van der Waals surface area contributed by atoms with Gasteiger partial charge in [-0.3, -0.25) is 0 Å². The van der Waals surface area contributed by atoms with E-state index < -0.39 is 0 Å². The molecule has 0 bridgehead atoms. The molecule has 1 atom stereocenters. The normalized spacial score (nSPS) is 12.8. The van der Waals surface area contributed by atoms with E-state index in [2.05, 4.69) is 32.6 Å². The molecule has 1 heteroatoms. The van der Waals surface area contributed by atoms with Crippen LogP contribution >= 0.6 is 0 Å². The highest BCUT2D eigenvalue weighted by Gasteiger charge is 2.16. The van der Waals surface area contributed by atoms with Crippen LogP contribution in [0.2, 0.25) is 0 Å². The Morgan fingerprint density at radius 1 is 0.440 bits per heavy atom. The van der Waals surface area contributed by atoms with E-state index in [0.717, 1.165) is 6.04 Å². The summed E-state index contributed by atoms with van der Waals surface area (Å²) < 4.78 is 0. The van der Waals surface area contributed by atoms with Crippen LogP contribution in [0.4, 0.5) is 0 Å². The molecule has 0 aliphatic heterocycles. The Balaban J connectivity index is 4.16. The first kappa shape index (κ1) is 25.0. The molecule has 0 saturated heterocycles. The molecule has 0 aromatic carbocycles. The first-order chi connectivity index (χ1) is 12.3. The Labute approximate surface area is 161 Å². The number of nitrogens with zero attached hydrogens (tertiary/aromatic N) is 1. The fourth-order valence-electron chi connectivity index (χ4n) is 3.94. The summed E-state index contributed by atoms with van der Waals surface area (Å²) in [6.07, 6.45) is 24.1. The highest BCUT2D eigenvalue weighted by atomic mass is 15.1. The van der Waals surface area contributed by atoms with Gasteiger partial charge in [-0.05, 0) is 38.8 Å². The summed E-state index contributed by atoms with van der Waals surface area (Å²) in [6, 6.07) is 0.860. The van der Waals surface area contributed by atoms with Crippen LogP contribution in [0, 0.1) is 0 Å². The molecule has 1 nitrogen and oxygen atoms in total. The summed E-state index contributed by atoms with van der Waals surface area (Å²) in [6.45, 7) is 12.0. The van der Waals surface area contributed by atoms with Crippen LogP contribution in [-0.4, -0.2) is 24.0 Å². The predicted octanol–water partition coefficient (Wildman–Crippen LogP) is 8.37. The standard InChI is InChI=1S/C24H51N/c1-5-9-12-14-16-18-21-24(20-8-4)25(22-11-7-3)23-19-17-15-13-10-6-2/h24H,5-23H2,1-4H3. The predicted molar refractivity (Wildman–Crippen MR) is 117 cm³/mol. The second-order valence-corrected chi connectivity index (χ2v) is 8.16. The second-order valence-electron chi connectivity index (χ2n) is 8.16. The lowest BCUT2D eigenvalue weighted by atomic mass is 10.00. The fraction of sp³-hybridized carbons (Fsp3) is 1.00. The lowest BCUT2D eigenvalue weighted by Crippen LogP contribution is -2.37. The summed E-state index contributed by atoms with van der Waals surface area (Å²) >= 11 is 0. The van der Waals surface area contributed by atoms with Crippen molar-refractivity contribution in [2.45, 2.75) is 143 Å². The van der Waals surface area contributed by atoms with Crippen LogP contribution in [0.25, 0.3) is 0 Å². The zero-order valence-electron chi connectivity index (χ0n) is 18.5. The summed E-state index contributed by atoms with van der Waals surface area (Å²) in [7, 11) is 0. The molecule has 1 unspecified atom stereocenters.